The summed E-state index contributed by atoms with van der Waals surface area (Å²) < 4.78 is 5.33. The normalized spacial score (nSPS) is 16.7. The second-order valence-electron chi connectivity index (χ2n) is 3.86. The van der Waals surface area contributed by atoms with Crippen molar-refractivity contribution in [2.75, 3.05) is 18.6 Å². The molecule has 86 valence electrons. The number of nitrogens with one attached hydrogen (secondary N) is 1. The molecule has 0 fully saturated rings. The number of hydrazine groups is 1. The number of hydrogen-bond donors (Lipinski definition) is 2. The summed E-state index contributed by atoms with van der Waals surface area (Å²) in [5.74, 6) is 6.07. The Kier molecular flexibility index (Phi) is 2.80. The van der Waals surface area contributed by atoms with E-state index < -0.39 is 0 Å². The van der Waals surface area contributed by atoms with E-state index in [1.807, 2.05) is 25.1 Å². The van der Waals surface area contributed by atoms with Crippen LogP contribution in [0.3, 0.4) is 0 Å². The van der Waals surface area contributed by atoms with Crippen LogP contribution in [0.2, 0.25) is 0 Å². The molecule has 3 N–H and O–H groups in total. The van der Waals surface area contributed by atoms with E-state index in [-0.39, 0.29) is 18.6 Å². The van der Waals surface area contributed by atoms with Crippen molar-refractivity contribution in [1.82, 2.24) is 5.43 Å². The van der Waals surface area contributed by atoms with Gasteiger partial charge >= 0.3 is 0 Å². The molecule has 0 saturated carbocycles. The summed E-state index contributed by atoms with van der Waals surface area (Å²) in [5, 5.41) is 0. The molecule has 0 radical (unpaired) electrons. The topological polar surface area (TPSA) is 67.6 Å². The van der Waals surface area contributed by atoms with E-state index >= 15 is 0 Å². The lowest BCUT2D eigenvalue weighted by molar-refractivity contribution is -0.120. The lowest BCUT2D eigenvalue weighted by Crippen LogP contribution is -2.35. The number of carbonyl (C=O) groups is 1. The van der Waals surface area contributed by atoms with Crippen molar-refractivity contribution in [3.8, 4) is 5.75 Å². The molecule has 1 unspecified atom stereocenters. The minimum Gasteiger partial charge on any atom is -0.482 e. The number of rotatable bonds is 2. The van der Waals surface area contributed by atoms with Crippen LogP contribution in [0.4, 0.5) is 5.69 Å². The molecule has 1 aliphatic heterocycles. The van der Waals surface area contributed by atoms with Crippen molar-refractivity contribution in [1.29, 1.82) is 0 Å². The molecule has 0 aromatic heterocycles. The van der Waals surface area contributed by atoms with Crippen LogP contribution in [0.1, 0.15) is 18.5 Å². The number of likely N-dealkylation sites (N-methyl/N-ethyl adjacent to an activating group) is 1. The smallest absolute Gasteiger partial charge is 0.264 e. The summed E-state index contributed by atoms with van der Waals surface area (Å²) in [6, 6.07) is 5.75. The number of anilines is 1. The lowest BCUT2D eigenvalue weighted by Gasteiger charge is -2.27. The van der Waals surface area contributed by atoms with Crippen LogP contribution in [0.5, 0.6) is 5.75 Å². The van der Waals surface area contributed by atoms with Crippen molar-refractivity contribution in [3.05, 3.63) is 23.8 Å². The Morgan fingerprint density at radius 3 is 3.00 bits per heavy atom. The summed E-state index contributed by atoms with van der Waals surface area (Å²) >= 11 is 0. The fourth-order valence-corrected chi connectivity index (χ4v) is 1.65. The lowest BCUT2D eigenvalue weighted by atomic mass is 10.1. The van der Waals surface area contributed by atoms with Crippen molar-refractivity contribution in [3.63, 3.8) is 0 Å². The van der Waals surface area contributed by atoms with Crippen LogP contribution in [0.15, 0.2) is 18.2 Å². The first-order valence-electron chi connectivity index (χ1n) is 5.13. The van der Waals surface area contributed by atoms with Gasteiger partial charge in [-0.15, -0.1) is 0 Å². The number of hydrogen-bond acceptors (Lipinski definition) is 4. The van der Waals surface area contributed by atoms with E-state index in [2.05, 4.69) is 5.43 Å². The molecule has 5 heteroatoms. The molecular formula is C11H15N3O2. The maximum atomic E-state index is 11.5. The van der Waals surface area contributed by atoms with E-state index in [1.54, 1.807) is 11.9 Å². The number of nitrogens with zero attached hydrogens (tertiary/aromatic N) is 1. The zero-order valence-corrected chi connectivity index (χ0v) is 9.36. The Hall–Kier alpha value is -1.59. The number of nitrogens with two attached hydrogens (primary N) is 1. The van der Waals surface area contributed by atoms with Crippen LogP contribution in [-0.2, 0) is 4.79 Å². The molecule has 1 aliphatic rings. The van der Waals surface area contributed by atoms with Gasteiger partial charge in [0.15, 0.2) is 6.61 Å². The molecule has 1 heterocycles. The zero-order valence-electron chi connectivity index (χ0n) is 9.36. The van der Waals surface area contributed by atoms with Gasteiger partial charge in [0.25, 0.3) is 5.91 Å². The summed E-state index contributed by atoms with van der Waals surface area (Å²) in [7, 11) is 1.74. The van der Waals surface area contributed by atoms with Crippen LogP contribution < -0.4 is 20.9 Å². The predicted molar refractivity (Wildman–Crippen MR) is 61.1 cm³/mol. The Bertz CT molecular complexity index is 420. The van der Waals surface area contributed by atoms with Gasteiger partial charge in [0.2, 0.25) is 0 Å². The van der Waals surface area contributed by atoms with Gasteiger partial charge in [0, 0.05) is 13.1 Å². The quantitative estimate of drug-likeness (QED) is 0.566. The predicted octanol–water partition coefficient (Wildman–Crippen LogP) is 0.566. The third-order valence-corrected chi connectivity index (χ3v) is 2.82. The summed E-state index contributed by atoms with van der Waals surface area (Å²) in [4.78, 5) is 13.1. The summed E-state index contributed by atoms with van der Waals surface area (Å²) in [6.45, 7) is 2.06. The second-order valence-corrected chi connectivity index (χ2v) is 3.86. The minimum atomic E-state index is -0.0435. The average Bonchev–Trinajstić information content (AvgIpc) is 2.32. The van der Waals surface area contributed by atoms with Crippen molar-refractivity contribution >= 4 is 11.6 Å². The maximum absolute atomic E-state index is 11.5. The zero-order chi connectivity index (χ0) is 11.7. The molecule has 0 aliphatic carbocycles. The Labute approximate surface area is 94.1 Å². The second kappa shape index (κ2) is 4.11. The van der Waals surface area contributed by atoms with Gasteiger partial charge in [-0.3, -0.25) is 16.1 Å². The van der Waals surface area contributed by atoms with Gasteiger partial charge in [0.05, 0.1) is 5.69 Å². The Morgan fingerprint density at radius 2 is 2.31 bits per heavy atom. The highest BCUT2D eigenvalue weighted by Gasteiger charge is 2.22. The molecule has 0 saturated heterocycles. The van der Waals surface area contributed by atoms with Gasteiger partial charge < -0.3 is 9.64 Å². The SMILES string of the molecule is CC(NN)c1ccc2c(c1)N(C)C(=O)CO2. The number of benzene rings is 1. The fourth-order valence-electron chi connectivity index (χ4n) is 1.65. The number of carbonyl (C=O) groups excluding carboxylic acids is 1. The van der Waals surface area contributed by atoms with E-state index in [9.17, 15) is 4.79 Å². The third-order valence-electron chi connectivity index (χ3n) is 2.82. The minimum absolute atomic E-state index is 0.0377. The van der Waals surface area contributed by atoms with E-state index in [0.717, 1.165) is 17.0 Å². The van der Waals surface area contributed by atoms with Crippen molar-refractivity contribution in [2.24, 2.45) is 5.84 Å². The van der Waals surface area contributed by atoms with E-state index in [0.29, 0.717) is 0 Å². The number of fused-ring (bicyclic) bond motifs is 1. The van der Waals surface area contributed by atoms with Crippen molar-refractivity contribution < 1.29 is 9.53 Å². The first-order valence-corrected chi connectivity index (χ1v) is 5.13. The summed E-state index contributed by atoms with van der Waals surface area (Å²) in [5.41, 5.74) is 4.48. The Morgan fingerprint density at radius 1 is 1.56 bits per heavy atom. The molecule has 1 aromatic carbocycles. The first kappa shape index (κ1) is 10.9. The average molecular weight is 221 g/mol. The number of ether oxygens (including phenoxy) is 1. The van der Waals surface area contributed by atoms with Gasteiger partial charge in [-0.25, -0.2) is 0 Å². The van der Waals surface area contributed by atoms with Gasteiger partial charge in [0.1, 0.15) is 5.75 Å². The van der Waals surface area contributed by atoms with Gasteiger partial charge in [-0.1, -0.05) is 6.07 Å². The molecule has 0 bridgehead atoms. The molecule has 1 amide bonds. The van der Waals surface area contributed by atoms with E-state index in [4.69, 9.17) is 10.6 Å². The molecule has 2 rings (SSSR count). The number of amides is 1. The van der Waals surface area contributed by atoms with Crippen LogP contribution >= 0.6 is 0 Å². The first-order chi connectivity index (χ1) is 7.63. The molecule has 0 spiro atoms. The Balaban J connectivity index is 2.40. The highest BCUT2D eigenvalue weighted by molar-refractivity contribution is 5.97. The van der Waals surface area contributed by atoms with Crippen LogP contribution in [0.25, 0.3) is 0 Å². The van der Waals surface area contributed by atoms with Gasteiger partial charge in [-0.2, -0.15) is 0 Å². The standard InChI is InChI=1S/C11H15N3O2/c1-7(13-12)8-3-4-10-9(5-8)14(2)11(15)6-16-10/h3-5,7,13H,6,12H2,1-2H3. The fraction of sp³-hybridized carbons (Fsp3) is 0.364. The summed E-state index contributed by atoms with van der Waals surface area (Å²) in [6.07, 6.45) is 0. The van der Waals surface area contributed by atoms with Crippen LogP contribution in [-0.4, -0.2) is 19.6 Å². The third kappa shape index (κ3) is 1.75. The molecule has 16 heavy (non-hydrogen) atoms. The van der Waals surface area contributed by atoms with Crippen molar-refractivity contribution in [2.45, 2.75) is 13.0 Å². The van der Waals surface area contributed by atoms with Crippen LogP contribution in [0, 0.1) is 0 Å². The highest BCUT2D eigenvalue weighted by Crippen LogP contribution is 2.33. The molecule has 1 atom stereocenters. The molecule has 1 aromatic rings. The monoisotopic (exact) mass is 221 g/mol. The highest BCUT2D eigenvalue weighted by atomic mass is 16.5. The van der Waals surface area contributed by atoms with Gasteiger partial charge in [-0.05, 0) is 24.6 Å². The largest absolute Gasteiger partial charge is 0.482 e. The molecule has 5 nitrogen and oxygen atoms in total. The molecular weight excluding hydrogens is 206 g/mol. The maximum Gasteiger partial charge on any atom is 0.264 e. The van der Waals surface area contributed by atoms with E-state index in [1.165, 1.54) is 0 Å².